The summed E-state index contributed by atoms with van der Waals surface area (Å²) in [5, 5.41) is 6.39. The molecule has 0 saturated carbocycles. The van der Waals surface area contributed by atoms with Gasteiger partial charge in [0, 0.05) is 25.2 Å². The Bertz CT molecular complexity index is 693. The van der Waals surface area contributed by atoms with E-state index < -0.39 is 0 Å². The summed E-state index contributed by atoms with van der Waals surface area (Å²) in [5.41, 5.74) is 3.05. The van der Waals surface area contributed by atoms with Gasteiger partial charge in [-0.3, -0.25) is 9.98 Å². The van der Waals surface area contributed by atoms with Crippen molar-refractivity contribution < 1.29 is 0 Å². The number of amidine groups is 1. The Labute approximate surface area is 134 Å². The molecular weight excluding hydrogens is 294 g/mol. The third-order valence-corrected chi connectivity index (χ3v) is 4.28. The summed E-state index contributed by atoms with van der Waals surface area (Å²) >= 11 is 1.67. The first kappa shape index (κ1) is 14.7. The molecular formula is C16H19N5S. The van der Waals surface area contributed by atoms with Gasteiger partial charge in [-0.15, -0.1) is 11.3 Å². The van der Waals surface area contributed by atoms with Crippen LogP contribution < -0.4 is 5.32 Å². The molecule has 0 amide bonds. The van der Waals surface area contributed by atoms with E-state index in [0.29, 0.717) is 0 Å². The molecule has 0 aromatic carbocycles. The normalized spacial score (nSPS) is 21.4. The van der Waals surface area contributed by atoms with Crippen LogP contribution in [0.15, 0.2) is 51.6 Å². The van der Waals surface area contributed by atoms with Crippen molar-refractivity contribution >= 4 is 22.9 Å². The van der Waals surface area contributed by atoms with Crippen LogP contribution in [0.2, 0.25) is 0 Å². The Morgan fingerprint density at radius 1 is 1.50 bits per heavy atom. The molecule has 1 aromatic rings. The van der Waals surface area contributed by atoms with E-state index in [9.17, 15) is 0 Å². The topological polar surface area (TPSA) is 52.9 Å². The smallest absolute Gasteiger partial charge is 0.148 e. The predicted octanol–water partition coefficient (Wildman–Crippen LogP) is 2.35. The number of allylic oxidation sites excluding steroid dienone is 4. The standard InChI is InChI=1S/C16H19N5S/c1-3-4-5-14-12(17-2)6-9-21(14)10-15-20-13(11-22-15)16-18-7-8-19-16/h3-6,9,11H,7-8,10H2,1-2H3,(H,18,19)/b4-3-,14-5?,17-12?. The Morgan fingerprint density at radius 3 is 3.14 bits per heavy atom. The zero-order chi connectivity index (χ0) is 15.4. The van der Waals surface area contributed by atoms with Gasteiger partial charge in [0.2, 0.25) is 0 Å². The Kier molecular flexibility index (Phi) is 4.48. The van der Waals surface area contributed by atoms with Crippen molar-refractivity contribution in [2.24, 2.45) is 9.98 Å². The lowest BCUT2D eigenvalue weighted by Crippen LogP contribution is -2.20. The first-order valence-corrected chi connectivity index (χ1v) is 8.18. The molecule has 1 N–H and O–H groups in total. The van der Waals surface area contributed by atoms with Crippen molar-refractivity contribution in [3.8, 4) is 0 Å². The number of thiazole rings is 1. The monoisotopic (exact) mass is 313 g/mol. The molecule has 2 aliphatic rings. The summed E-state index contributed by atoms with van der Waals surface area (Å²) in [6.45, 7) is 4.50. The van der Waals surface area contributed by atoms with Crippen LogP contribution >= 0.6 is 11.3 Å². The zero-order valence-electron chi connectivity index (χ0n) is 12.8. The van der Waals surface area contributed by atoms with Crippen molar-refractivity contribution in [1.82, 2.24) is 15.2 Å². The summed E-state index contributed by atoms with van der Waals surface area (Å²) in [6.07, 6.45) is 10.2. The average molecular weight is 313 g/mol. The number of nitrogens with zero attached hydrogens (tertiary/aromatic N) is 4. The second-order valence-electron chi connectivity index (χ2n) is 4.91. The summed E-state index contributed by atoms with van der Waals surface area (Å²) < 4.78 is 0. The fourth-order valence-corrected chi connectivity index (χ4v) is 3.15. The second kappa shape index (κ2) is 6.70. The number of hydrogen-bond acceptors (Lipinski definition) is 6. The maximum absolute atomic E-state index is 4.69. The van der Waals surface area contributed by atoms with Crippen LogP contribution in [-0.2, 0) is 6.54 Å². The number of nitrogens with one attached hydrogen (secondary N) is 1. The maximum atomic E-state index is 4.69. The van der Waals surface area contributed by atoms with Crippen LogP contribution in [0.1, 0.15) is 17.6 Å². The molecule has 5 nitrogen and oxygen atoms in total. The highest BCUT2D eigenvalue weighted by Gasteiger charge is 2.19. The molecule has 2 aliphatic heterocycles. The summed E-state index contributed by atoms with van der Waals surface area (Å²) in [4.78, 5) is 15.6. The van der Waals surface area contributed by atoms with Crippen molar-refractivity contribution in [3.63, 3.8) is 0 Å². The molecule has 114 valence electrons. The molecule has 0 fully saturated rings. The van der Waals surface area contributed by atoms with Crippen LogP contribution in [-0.4, -0.2) is 41.6 Å². The number of rotatable bonds is 4. The van der Waals surface area contributed by atoms with Gasteiger partial charge in [-0.1, -0.05) is 12.2 Å². The lowest BCUT2D eigenvalue weighted by molar-refractivity contribution is 0.489. The van der Waals surface area contributed by atoms with Gasteiger partial charge in [0.1, 0.15) is 16.5 Å². The van der Waals surface area contributed by atoms with Crippen molar-refractivity contribution in [2.45, 2.75) is 13.5 Å². The maximum Gasteiger partial charge on any atom is 0.148 e. The highest BCUT2D eigenvalue weighted by atomic mass is 32.1. The van der Waals surface area contributed by atoms with Gasteiger partial charge >= 0.3 is 0 Å². The minimum absolute atomic E-state index is 0.747. The summed E-state index contributed by atoms with van der Waals surface area (Å²) in [5.74, 6) is 0.917. The largest absolute Gasteiger partial charge is 0.367 e. The zero-order valence-corrected chi connectivity index (χ0v) is 13.6. The van der Waals surface area contributed by atoms with Gasteiger partial charge in [0.15, 0.2) is 0 Å². The van der Waals surface area contributed by atoms with Gasteiger partial charge in [-0.05, 0) is 19.1 Å². The van der Waals surface area contributed by atoms with E-state index in [4.69, 9.17) is 0 Å². The van der Waals surface area contributed by atoms with Gasteiger partial charge < -0.3 is 10.2 Å². The molecule has 3 heterocycles. The fourth-order valence-electron chi connectivity index (χ4n) is 2.38. The lowest BCUT2D eigenvalue weighted by Gasteiger charge is -2.16. The molecule has 6 heteroatoms. The minimum Gasteiger partial charge on any atom is -0.367 e. The second-order valence-corrected chi connectivity index (χ2v) is 5.86. The molecule has 22 heavy (non-hydrogen) atoms. The molecule has 0 aliphatic carbocycles. The Balaban J connectivity index is 1.76. The van der Waals surface area contributed by atoms with E-state index in [2.05, 4.69) is 42.8 Å². The van der Waals surface area contributed by atoms with Gasteiger partial charge in [-0.2, -0.15) is 0 Å². The average Bonchev–Trinajstić information content (AvgIpc) is 3.26. The molecule has 0 saturated heterocycles. The van der Waals surface area contributed by atoms with Crippen LogP contribution in [0.4, 0.5) is 0 Å². The van der Waals surface area contributed by atoms with Gasteiger partial charge in [0.25, 0.3) is 0 Å². The molecule has 0 radical (unpaired) electrons. The van der Waals surface area contributed by atoms with E-state index >= 15 is 0 Å². The SMILES string of the molecule is C/C=C\C=C1C(=NC)C=CN1Cc1nc(C2=NCCN2)cs1. The summed E-state index contributed by atoms with van der Waals surface area (Å²) in [7, 11) is 1.82. The van der Waals surface area contributed by atoms with E-state index in [1.165, 1.54) is 0 Å². The predicted molar refractivity (Wildman–Crippen MR) is 92.5 cm³/mol. The third kappa shape index (κ3) is 3.01. The fraction of sp³-hybridized carbons (Fsp3) is 0.312. The van der Waals surface area contributed by atoms with Gasteiger partial charge in [0.05, 0.1) is 24.5 Å². The molecule has 0 atom stereocenters. The van der Waals surface area contributed by atoms with Crippen LogP contribution in [0.5, 0.6) is 0 Å². The first-order chi connectivity index (χ1) is 10.8. The lowest BCUT2D eigenvalue weighted by atomic mass is 10.2. The van der Waals surface area contributed by atoms with Crippen LogP contribution in [0, 0.1) is 0 Å². The third-order valence-electron chi connectivity index (χ3n) is 3.45. The van der Waals surface area contributed by atoms with E-state index in [1.54, 1.807) is 11.3 Å². The number of aliphatic imine (C=N–C) groups is 2. The molecule has 1 aromatic heterocycles. The molecule has 0 bridgehead atoms. The highest BCUT2D eigenvalue weighted by Crippen LogP contribution is 2.22. The number of aromatic nitrogens is 1. The van der Waals surface area contributed by atoms with Crippen molar-refractivity contribution in [2.75, 3.05) is 20.1 Å². The van der Waals surface area contributed by atoms with Gasteiger partial charge in [-0.25, -0.2) is 4.98 Å². The Morgan fingerprint density at radius 2 is 2.41 bits per heavy atom. The molecule has 0 unspecified atom stereocenters. The first-order valence-electron chi connectivity index (χ1n) is 7.30. The molecule has 0 spiro atoms. The Hall–Kier alpha value is -2.21. The number of hydrogen-bond donors (Lipinski definition) is 1. The van der Waals surface area contributed by atoms with Crippen molar-refractivity contribution in [1.29, 1.82) is 0 Å². The minimum atomic E-state index is 0.747. The van der Waals surface area contributed by atoms with E-state index in [-0.39, 0.29) is 0 Å². The molecule has 3 rings (SSSR count). The van der Waals surface area contributed by atoms with Crippen LogP contribution in [0.3, 0.4) is 0 Å². The quantitative estimate of drug-likeness (QED) is 0.928. The van der Waals surface area contributed by atoms with E-state index in [1.807, 2.05) is 32.2 Å². The highest BCUT2D eigenvalue weighted by molar-refractivity contribution is 7.09. The van der Waals surface area contributed by atoms with E-state index in [0.717, 1.165) is 47.6 Å². The van der Waals surface area contributed by atoms with Crippen LogP contribution in [0.25, 0.3) is 0 Å². The van der Waals surface area contributed by atoms with Crippen molar-refractivity contribution in [3.05, 3.63) is 52.3 Å². The summed E-state index contributed by atoms with van der Waals surface area (Å²) in [6, 6.07) is 0.